The predicted molar refractivity (Wildman–Crippen MR) is 66.9 cm³/mol. The Kier molecular flexibility index (Phi) is 4.01. The van der Waals surface area contributed by atoms with E-state index in [1.165, 1.54) is 12.0 Å². The summed E-state index contributed by atoms with van der Waals surface area (Å²) in [4.78, 5) is 13.1. The second kappa shape index (κ2) is 5.56. The second-order valence-corrected chi connectivity index (χ2v) is 4.36. The fraction of sp³-hybridized carbons (Fsp3) is 0.357. The summed E-state index contributed by atoms with van der Waals surface area (Å²) in [5.74, 6) is -3.05. The third-order valence-corrected chi connectivity index (χ3v) is 3.21. The lowest BCUT2D eigenvalue weighted by Crippen LogP contribution is -2.34. The zero-order valence-corrected chi connectivity index (χ0v) is 11.2. The SMILES string of the molecule is CCN1C(=O)CCC(OC)=C1c1c(F)cc(F)cc1F. The van der Waals surface area contributed by atoms with Crippen molar-refractivity contribution < 1.29 is 22.7 Å². The van der Waals surface area contributed by atoms with E-state index in [2.05, 4.69) is 0 Å². The second-order valence-electron chi connectivity index (χ2n) is 4.36. The number of nitrogens with zero attached hydrogens (tertiary/aromatic N) is 1. The number of amides is 1. The van der Waals surface area contributed by atoms with Crippen molar-refractivity contribution in [2.75, 3.05) is 13.7 Å². The van der Waals surface area contributed by atoms with Crippen LogP contribution in [0.15, 0.2) is 17.9 Å². The van der Waals surface area contributed by atoms with Gasteiger partial charge in [0.25, 0.3) is 0 Å². The number of halogens is 3. The Bertz CT molecular complexity index is 561. The van der Waals surface area contributed by atoms with Crippen molar-refractivity contribution in [3.63, 3.8) is 0 Å². The topological polar surface area (TPSA) is 29.5 Å². The van der Waals surface area contributed by atoms with Gasteiger partial charge in [0.1, 0.15) is 23.2 Å². The zero-order chi connectivity index (χ0) is 14.9. The van der Waals surface area contributed by atoms with Crippen LogP contribution in [0.25, 0.3) is 5.70 Å². The van der Waals surface area contributed by atoms with Crippen molar-refractivity contribution in [1.82, 2.24) is 4.90 Å². The molecule has 1 aliphatic rings. The maximum absolute atomic E-state index is 13.9. The molecule has 108 valence electrons. The van der Waals surface area contributed by atoms with Gasteiger partial charge in [-0.2, -0.15) is 0 Å². The number of rotatable bonds is 3. The lowest BCUT2D eigenvalue weighted by Gasteiger charge is -2.31. The molecule has 0 fully saturated rings. The van der Waals surface area contributed by atoms with Crippen LogP contribution in [-0.2, 0) is 9.53 Å². The highest BCUT2D eigenvalue weighted by Crippen LogP contribution is 2.34. The third-order valence-electron chi connectivity index (χ3n) is 3.21. The van der Waals surface area contributed by atoms with Crippen LogP contribution in [0.5, 0.6) is 0 Å². The van der Waals surface area contributed by atoms with Crippen molar-refractivity contribution in [2.45, 2.75) is 19.8 Å². The molecule has 0 unspecified atom stereocenters. The van der Waals surface area contributed by atoms with E-state index < -0.39 is 23.0 Å². The number of benzene rings is 1. The Balaban J connectivity index is 2.68. The highest BCUT2D eigenvalue weighted by atomic mass is 19.1. The predicted octanol–water partition coefficient (Wildman–Crippen LogP) is 3.06. The molecular formula is C14H14F3NO2. The summed E-state index contributed by atoms with van der Waals surface area (Å²) < 4.78 is 46.0. The lowest BCUT2D eigenvalue weighted by atomic mass is 10.0. The summed E-state index contributed by atoms with van der Waals surface area (Å²) in [5.41, 5.74) is -0.389. The van der Waals surface area contributed by atoms with Crippen LogP contribution in [0.3, 0.4) is 0 Å². The van der Waals surface area contributed by atoms with E-state index in [4.69, 9.17) is 4.74 Å². The van der Waals surface area contributed by atoms with Gasteiger partial charge in [0.2, 0.25) is 5.91 Å². The average Bonchev–Trinajstić information content (AvgIpc) is 2.38. The first-order chi connectivity index (χ1) is 9.49. The van der Waals surface area contributed by atoms with Crippen LogP contribution in [-0.4, -0.2) is 24.5 Å². The number of hydrogen-bond acceptors (Lipinski definition) is 2. The molecule has 1 aromatic rings. The van der Waals surface area contributed by atoms with E-state index in [0.717, 1.165) is 0 Å². The molecule has 0 N–H and O–H groups in total. The maximum Gasteiger partial charge on any atom is 0.227 e. The van der Waals surface area contributed by atoms with Crippen molar-refractivity contribution >= 4 is 11.6 Å². The molecule has 3 nitrogen and oxygen atoms in total. The van der Waals surface area contributed by atoms with Crippen molar-refractivity contribution in [3.05, 3.63) is 40.9 Å². The molecule has 20 heavy (non-hydrogen) atoms. The summed E-state index contributed by atoms with van der Waals surface area (Å²) in [7, 11) is 1.37. The Labute approximate surface area is 114 Å². The standard InChI is InChI=1S/C14H14F3NO2/c1-3-18-12(19)5-4-11(20-2)14(18)13-9(16)6-8(15)7-10(13)17/h6-7H,3-5H2,1-2H3. The smallest absolute Gasteiger partial charge is 0.227 e. The number of methoxy groups -OCH3 is 1. The van der Waals surface area contributed by atoms with Crippen molar-refractivity contribution in [2.24, 2.45) is 0 Å². The Hall–Kier alpha value is -1.98. The Morgan fingerprint density at radius 3 is 2.30 bits per heavy atom. The van der Waals surface area contributed by atoms with Crippen LogP contribution >= 0.6 is 0 Å². The van der Waals surface area contributed by atoms with Gasteiger partial charge in [-0.1, -0.05) is 0 Å². The van der Waals surface area contributed by atoms with Crippen LogP contribution in [0, 0.1) is 17.5 Å². The molecule has 1 aromatic carbocycles. The first kappa shape index (κ1) is 14.4. The van der Waals surface area contributed by atoms with E-state index in [1.54, 1.807) is 6.92 Å². The molecule has 1 aliphatic heterocycles. The van der Waals surface area contributed by atoms with Gasteiger partial charge in [-0.3, -0.25) is 4.79 Å². The van der Waals surface area contributed by atoms with Gasteiger partial charge in [0, 0.05) is 31.5 Å². The molecule has 0 bridgehead atoms. The van der Waals surface area contributed by atoms with E-state index in [0.29, 0.717) is 17.9 Å². The fourth-order valence-electron chi connectivity index (χ4n) is 2.33. The molecule has 0 saturated heterocycles. The highest BCUT2D eigenvalue weighted by molar-refractivity contribution is 5.90. The van der Waals surface area contributed by atoms with E-state index in [9.17, 15) is 18.0 Å². The summed E-state index contributed by atoms with van der Waals surface area (Å²) in [6.07, 6.45) is 0.475. The third kappa shape index (κ3) is 2.37. The van der Waals surface area contributed by atoms with E-state index in [1.807, 2.05) is 0 Å². The maximum atomic E-state index is 13.9. The molecule has 0 saturated carbocycles. The van der Waals surface area contributed by atoms with Gasteiger partial charge < -0.3 is 9.64 Å². The van der Waals surface area contributed by atoms with E-state index >= 15 is 0 Å². The minimum Gasteiger partial charge on any atom is -0.499 e. The summed E-state index contributed by atoms with van der Waals surface area (Å²) in [6, 6.07) is 1.18. The molecule has 0 spiro atoms. The molecule has 1 amide bonds. The summed E-state index contributed by atoms with van der Waals surface area (Å²) in [5, 5.41) is 0. The van der Waals surface area contributed by atoms with Crippen LogP contribution in [0.1, 0.15) is 25.3 Å². The number of carbonyl (C=O) groups excluding carboxylic acids is 1. The summed E-state index contributed by atoms with van der Waals surface area (Å²) in [6.45, 7) is 1.94. The van der Waals surface area contributed by atoms with Crippen LogP contribution in [0.2, 0.25) is 0 Å². The Morgan fingerprint density at radius 2 is 1.80 bits per heavy atom. The molecule has 0 aromatic heterocycles. The fourth-order valence-corrected chi connectivity index (χ4v) is 2.33. The first-order valence-corrected chi connectivity index (χ1v) is 6.22. The molecule has 0 atom stereocenters. The number of allylic oxidation sites excluding steroid dienone is 1. The number of carbonyl (C=O) groups is 1. The van der Waals surface area contributed by atoms with Gasteiger partial charge in [-0.25, -0.2) is 13.2 Å². The van der Waals surface area contributed by atoms with Crippen molar-refractivity contribution in [3.8, 4) is 0 Å². The number of ether oxygens (including phenoxy) is 1. The average molecular weight is 285 g/mol. The van der Waals surface area contributed by atoms with Gasteiger partial charge >= 0.3 is 0 Å². The van der Waals surface area contributed by atoms with Crippen LogP contribution < -0.4 is 0 Å². The molecule has 1 heterocycles. The largest absolute Gasteiger partial charge is 0.499 e. The quantitative estimate of drug-likeness (QED) is 0.854. The first-order valence-electron chi connectivity index (χ1n) is 6.22. The normalized spacial score (nSPS) is 15.8. The van der Waals surface area contributed by atoms with Gasteiger partial charge in [-0.05, 0) is 6.92 Å². The van der Waals surface area contributed by atoms with Crippen molar-refractivity contribution in [1.29, 1.82) is 0 Å². The van der Waals surface area contributed by atoms with Gasteiger partial charge in [0.05, 0.1) is 18.4 Å². The minimum absolute atomic E-state index is 0.0428. The summed E-state index contributed by atoms with van der Waals surface area (Å²) >= 11 is 0. The van der Waals surface area contributed by atoms with Gasteiger partial charge in [0.15, 0.2) is 0 Å². The molecule has 0 aliphatic carbocycles. The lowest BCUT2D eigenvalue weighted by molar-refractivity contribution is -0.128. The van der Waals surface area contributed by atoms with Crippen LogP contribution in [0.4, 0.5) is 13.2 Å². The molecule has 6 heteroatoms. The molecule has 0 radical (unpaired) electrons. The zero-order valence-electron chi connectivity index (χ0n) is 11.2. The van der Waals surface area contributed by atoms with Gasteiger partial charge in [-0.15, -0.1) is 0 Å². The Morgan fingerprint density at radius 1 is 1.20 bits per heavy atom. The monoisotopic (exact) mass is 285 g/mol. The molecular weight excluding hydrogens is 271 g/mol. The number of hydrogen-bond donors (Lipinski definition) is 0. The highest BCUT2D eigenvalue weighted by Gasteiger charge is 2.31. The molecule has 2 rings (SSSR count). The van der Waals surface area contributed by atoms with E-state index in [-0.39, 0.29) is 31.0 Å². The minimum atomic E-state index is -1.06.